The lowest BCUT2D eigenvalue weighted by Gasteiger charge is -2.18. The van der Waals surface area contributed by atoms with Crippen molar-refractivity contribution in [1.29, 1.82) is 0 Å². The molecule has 1 fully saturated rings. The maximum atomic E-state index is 4.37. The Labute approximate surface area is 102 Å². The molecule has 1 saturated heterocycles. The summed E-state index contributed by atoms with van der Waals surface area (Å²) in [4.78, 5) is 4.37. The van der Waals surface area contributed by atoms with E-state index >= 15 is 0 Å². The van der Waals surface area contributed by atoms with Crippen molar-refractivity contribution in [2.45, 2.75) is 25.8 Å². The topological polar surface area (TPSA) is 24.9 Å². The average Bonchev–Trinajstić information content (AvgIpc) is 2.86. The van der Waals surface area contributed by atoms with Gasteiger partial charge in [-0.1, -0.05) is 25.5 Å². The summed E-state index contributed by atoms with van der Waals surface area (Å²) in [6.45, 7) is 3.43. The molecule has 2 atom stereocenters. The van der Waals surface area contributed by atoms with E-state index in [1.165, 1.54) is 23.8 Å². The van der Waals surface area contributed by atoms with Crippen molar-refractivity contribution < 1.29 is 0 Å². The summed E-state index contributed by atoms with van der Waals surface area (Å²) < 4.78 is 0. The first-order valence-electron chi connectivity index (χ1n) is 6.46. The Morgan fingerprint density at radius 1 is 1.35 bits per heavy atom. The fourth-order valence-corrected chi connectivity index (χ4v) is 2.87. The van der Waals surface area contributed by atoms with Crippen LogP contribution in [0.3, 0.4) is 0 Å². The highest BCUT2D eigenvalue weighted by Gasteiger charge is 2.26. The normalized spacial score (nSPS) is 24.3. The molecule has 0 bridgehead atoms. The molecule has 2 aromatic rings. The third-order valence-electron chi connectivity index (χ3n) is 3.86. The lowest BCUT2D eigenvalue weighted by atomic mass is 9.91. The molecular weight excluding hydrogens is 208 g/mol. The summed E-state index contributed by atoms with van der Waals surface area (Å²) in [5, 5.41) is 4.86. The zero-order chi connectivity index (χ0) is 11.7. The molecule has 2 unspecified atom stereocenters. The Morgan fingerprint density at radius 3 is 3.18 bits per heavy atom. The molecule has 1 aromatic heterocycles. The van der Waals surface area contributed by atoms with E-state index in [0.717, 1.165) is 18.0 Å². The second kappa shape index (κ2) is 4.46. The smallest absolute Gasteiger partial charge is 0.0702 e. The summed E-state index contributed by atoms with van der Waals surface area (Å²) in [7, 11) is 0. The lowest BCUT2D eigenvalue weighted by molar-refractivity contribution is 0.450. The van der Waals surface area contributed by atoms with Gasteiger partial charge in [-0.15, -0.1) is 0 Å². The van der Waals surface area contributed by atoms with Crippen LogP contribution in [0.25, 0.3) is 10.9 Å². The molecule has 0 amide bonds. The van der Waals surface area contributed by atoms with Crippen LogP contribution in [0.2, 0.25) is 0 Å². The van der Waals surface area contributed by atoms with E-state index in [0.29, 0.717) is 6.04 Å². The number of pyridine rings is 1. The molecule has 0 saturated carbocycles. The minimum Gasteiger partial charge on any atom is -0.310 e. The number of aromatic nitrogens is 1. The first-order valence-corrected chi connectivity index (χ1v) is 6.46. The maximum Gasteiger partial charge on any atom is 0.0702 e. The second-order valence-corrected chi connectivity index (χ2v) is 4.84. The SMILES string of the molecule is CCC1CCNC1c1ccc2ncccc2c1. The number of nitrogens with one attached hydrogen (secondary N) is 1. The number of fused-ring (bicyclic) bond motifs is 1. The van der Waals surface area contributed by atoms with Crippen molar-refractivity contribution in [2.75, 3.05) is 6.54 Å². The molecule has 1 aromatic carbocycles. The van der Waals surface area contributed by atoms with Crippen LogP contribution in [0.4, 0.5) is 0 Å². The molecule has 2 heterocycles. The monoisotopic (exact) mass is 226 g/mol. The molecule has 0 aliphatic carbocycles. The van der Waals surface area contributed by atoms with Crippen molar-refractivity contribution in [3.63, 3.8) is 0 Å². The van der Waals surface area contributed by atoms with E-state index in [2.05, 4.69) is 41.5 Å². The largest absolute Gasteiger partial charge is 0.310 e. The van der Waals surface area contributed by atoms with Crippen LogP contribution < -0.4 is 5.32 Å². The number of rotatable bonds is 2. The van der Waals surface area contributed by atoms with Gasteiger partial charge in [-0.2, -0.15) is 0 Å². The van der Waals surface area contributed by atoms with Crippen molar-refractivity contribution >= 4 is 10.9 Å². The first-order chi connectivity index (χ1) is 8.38. The van der Waals surface area contributed by atoms with Gasteiger partial charge in [-0.05, 0) is 42.6 Å². The molecule has 1 N–H and O–H groups in total. The fraction of sp³-hybridized carbons (Fsp3) is 0.400. The molecular formula is C15H18N2. The molecule has 0 radical (unpaired) electrons. The van der Waals surface area contributed by atoms with Gasteiger partial charge in [-0.25, -0.2) is 0 Å². The molecule has 1 aliphatic rings. The van der Waals surface area contributed by atoms with Crippen LogP contribution in [0.15, 0.2) is 36.5 Å². The summed E-state index contributed by atoms with van der Waals surface area (Å²) in [5.74, 6) is 0.782. The van der Waals surface area contributed by atoms with E-state index in [9.17, 15) is 0 Å². The number of hydrogen-bond acceptors (Lipinski definition) is 2. The van der Waals surface area contributed by atoms with Crippen LogP contribution in [-0.2, 0) is 0 Å². The van der Waals surface area contributed by atoms with E-state index in [1.54, 1.807) is 0 Å². The van der Waals surface area contributed by atoms with E-state index in [4.69, 9.17) is 0 Å². The zero-order valence-electron chi connectivity index (χ0n) is 10.2. The minimum atomic E-state index is 0.532. The molecule has 3 rings (SSSR count). The van der Waals surface area contributed by atoms with E-state index in [-0.39, 0.29) is 0 Å². The van der Waals surface area contributed by atoms with Crippen molar-refractivity contribution in [3.05, 3.63) is 42.1 Å². The Hall–Kier alpha value is -1.41. The highest BCUT2D eigenvalue weighted by molar-refractivity contribution is 5.79. The van der Waals surface area contributed by atoms with Gasteiger partial charge in [0.1, 0.15) is 0 Å². The van der Waals surface area contributed by atoms with Crippen molar-refractivity contribution in [3.8, 4) is 0 Å². The average molecular weight is 226 g/mol. The predicted octanol–water partition coefficient (Wildman–Crippen LogP) is 3.30. The van der Waals surface area contributed by atoms with Crippen molar-refractivity contribution in [2.24, 2.45) is 5.92 Å². The van der Waals surface area contributed by atoms with Gasteiger partial charge < -0.3 is 5.32 Å². The van der Waals surface area contributed by atoms with Crippen LogP contribution in [0, 0.1) is 5.92 Å². The predicted molar refractivity (Wildman–Crippen MR) is 70.9 cm³/mol. The molecule has 17 heavy (non-hydrogen) atoms. The summed E-state index contributed by atoms with van der Waals surface area (Å²) >= 11 is 0. The fourth-order valence-electron chi connectivity index (χ4n) is 2.87. The lowest BCUT2D eigenvalue weighted by Crippen LogP contribution is -2.17. The van der Waals surface area contributed by atoms with Crippen LogP contribution in [-0.4, -0.2) is 11.5 Å². The standard InChI is InChI=1S/C15H18N2/c1-2-11-7-9-17-15(11)13-5-6-14-12(10-13)4-3-8-16-14/h3-6,8,10-11,15,17H,2,7,9H2,1H3. The van der Waals surface area contributed by atoms with Gasteiger partial charge >= 0.3 is 0 Å². The molecule has 88 valence electrons. The Morgan fingerprint density at radius 2 is 2.29 bits per heavy atom. The molecule has 1 aliphatic heterocycles. The van der Waals surface area contributed by atoms with Crippen LogP contribution in [0.5, 0.6) is 0 Å². The third-order valence-corrected chi connectivity index (χ3v) is 3.86. The van der Waals surface area contributed by atoms with Gasteiger partial charge in [0.25, 0.3) is 0 Å². The first kappa shape index (κ1) is 10.7. The molecule has 2 heteroatoms. The van der Waals surface area contributed by atoms with E-state index < -0.39 is 0 Å². The number of benzene rings is 1. The molecule has 0 spiro atoms. The Kier molecular flexibility index (Phi) is 2.81. The van der Waals surface area contributed by atoms with Gasteiger partial charge in [0.15, 0.2) is 0 Å². The second-order valence-electron chi connectivity index (χ2n) is 4.84. The highest BCUT2D eigenvalue weighted by Crippen LogP contribution is 2.32. The van der Waals surface area contributed by atoms with Gasteiger partial charge in [0.2, 0.25) is 0 Å². The highest BCUT2D eigenvalue weighted by atomic mass is 14.9. The zero-order valence-corrected chi connectivity index (χ0v) is 10.2. The molecule has 2 nitrogen and oxygen atoms in total. The van der Waals surface area contributed by atoms with Gasteiger partial charge in [0.05, 0.1) is 5.52 Å². The number of hydrogen-bond donors (Lipinski definition) is 1. The van der Waals surface area contributed by atoms with Crippen LogP contribution >= 0.6 is 0 Å². The Balaban J connectivity index is 2.00. The third kappa shape index (κ3) is 1.93. The maximum absolute atomic E-state index is 4.37. The summed E-state index contributed by atoms with van der Waals surface area (Å²) in [6.07, 6.45) is 4.40. The number of nitrogens with zero attached hydrogens (tertiary/aromatic N) is 1. The summed E-state index contributed by atoms with van der Waals surface area (Å²) in [6, 6.07) is 11.3. The Bertz CT molecular complexity index is 521. The van der Waals surface area contributed by atoms with Crippen LogP contribution in [0.1, 0.15) is 31.4 Å². The van der Waals surface area contributed by atoms with Gasteiger partial charge in [-0.3, -0.25) is 4.98 Å². The van der Waals surface area contributed by atoms with E-state index in [1.807, 2.05) is 12.3 Å². The van der Waals surface area contributed by atoms with Crippen molar-refractivity contribution in [1.82, 2.24) is 10.3 Å². The summed E-state index contributed by atoms with van der Waals surface area (Å²) in [5.41, 5.74) is 2.50. The minimum absolute atomic E-state index is 0.532. The quantitative estimate of drug-likeness (QED) is 0.850. The van der Waals surface area contributed by atoms with Gasteiger partial charge in [0, 0.05) is 17.6 Å².